The first-order valence-electron chi connectivity index (χ1n) is 4.21. The monoisotopic (exact) mass is 269 g/mol. The summed E-state index contributed by atoms with van der Waals surface area (Å²) in [7, 11) is 2.14. The number of nitrogens with zero attached hydrogens (tertiary/aromatic N) is 1. The first kappa shape index (κ1) is 13.6. The van der Waals surface area contributed by atoms with Crippen LogP contribution in [0.25, 0.3) is 0 Å². The lowest BCUT2D eigenvalue weighted by Crippen LogP contribution is -2.13. The number of aromatic nitrogens is 1. The van der Waals surface area contributed by atoms with Crippen LogP contribution in [-0.4, -0.2) is 25.2 Å². The van der Waals surface area contributed by atoms with E-state index in [1.807, 2.05) is 0 Å². The summed E-state index contributed by atoms with van der Waals surface area (Å²) in [6.45, 7) is 0. The fourth-order valence-electron chi connectivity index (χ4n) is 1.07. The molecule has 0 saturated carbocycles. The quantitative estimate of drug-likeness (QED) is 0.774. The van der Waals surface area contributed by atoms with E-state index in [0.29, 0.717) is 6.07 Å². The zero-order valence-corrected chi connectivity index (χ0v) is 9.52. The second kappa shape index (κ2) is 4.79. The van der Waals surface area contributed by atoms with E-state index in [4.69, 9.17) is 11.6 Å². The minimum Gasteiger partial charge on any atom is -0.480 e. The normalized spacial score (nSPS) is 11.2. The Morgan fingerprint density at radius 1 is 1.41 bits per heavy atom. The number of ether oxygens (including phenoxy) is 2. The molecule has 1 aromatic rings. The molecular weight excluding hydrogens is 263 g/mol. The Hall–Kier alpha value is -1.50. The van der Waals surface area contributed by atoms with Crippen molar-refractivity contribution in [2.45, 2.75) is 6.18 Å². The molecule has 0 aromatic carbocycles. The Bertz CT molecular complexity index is 448. The minimum absolute atomic E-state index is 0.343. The molecule has 0 spiro atoms. The number of hydrogen-bond donors (Lipinski definition) is 0. The Labute approximate surface area is 99.3 Å². The van der Waals surface area contributed by atoms with Gasteiger partial charge in [-0.05, 0) is 6.07 Å². The predicted octanol–water partition coefficient (Wildman–Crippen LogP) is 2.55. The van der Waals surface area contributed by atoms with Crippen molar-refractivity contribution in [1.29, 1.82) is 0 Å². The maximum Gasteiger partial charge on any atom is 0.433 e. The average molecular weight is 270 g/mol. The van der Waals surface area contributed by atoms with E-state index in [-0.39, 0.29) is 5.56 Å². The Morgan fingerprint density at radius 3 is 2.41 bits per heavy atom. The lowest BCUT2D eigenvalue weighted by molar-refractivity contribution is -0.141. The van der Waals surface area contributed by atoms with Crippen LogP contribution in [0.1, 0.15) is 16.1 Å². The van der Waals surface area contributed by atoms with Crippen LogP contribution in [0.3, 0.4) is 0 Å². The largest absolute Gasteiger partial charge is 0.480 e. The van der Waals surface area contributed by atoms with Crippen molar-refractivity contribution >= 4 is 17.6 Å². The summed E-state index contributed by atoms with van der Waals surface area (Å²) in [6.07, 6.45) is -4.68. The number of carbonyl (C=O) groups is 1. The van der Waals surface area contributed by atoms with Crippen LogP contribution >= 0.6 is 11.6 Å². The second-order valence-corrected chi connectivity index (χ2v) is 3.27. The van der Waals surface area contributed by atoms with Gasteiger partial charge in [-0.3, -0.25) is 0 Å². The molecule has 0 unspecified atom stereocenters. The number of esters is 1. The molecule has 0 fully saturated rings. The van der Waals surface area contributed by atoms with Gasteiger partial charge in [-0.15, -0.1) is 0 Å². The summed E-state index contributed by atoms with van der Waals surface area (Å²) < 4.78 is 46.2. The van der Waals surface area contributed by atoms with Crippen LogP contribution in [0.2, 0.25) is 5.02 Å². The van der Waals surface area contributed by atoms with Crippen LogP contribution in [-0.2, 0) is 10.9 Å². The van der Waals surface area contributed by atoms with Gasteiger partial charge >= 0.3 is 12.1 Å². The van der Waals surface area contributed by atoms with Gasteiger partial charge in [0.2, 0.25) is 5.88 Å². The summed E-state index contributed by atoms with van der Waals surface area (Å²) >= 11 is 5.57. The van der Waals surface area contributed by atoms with E-state index in [2.05, 4.69) is 14.5 Å². The van der Waals surface area contributed by atoms with Gasteiger partial charge in [0, 0.05) is 0 Å². The standard InChI is InChI=1S/C9H7ClF3NO3/c1-16-7-6(8(15)17-2)4(10)3-5(14-7)9(11,12)13/h3H,1-2H3. The number of rotatable bonds is 2. The van der Waals surface area contributed by atoms with Crippen LogP contribution in [0, 0.1) is 0 Å². The highest BCUT2D eigenvalue weighted by Gasteiger charge is 2.35. The molecule has 0 radical (unpaired) electrons. The van der Waals surface area contributed by atoms with Crippen molar-refractivity contribution in [1.82, 2.24) is 4.98 Å². The molecule has 4 nitrogen and oxygen atoms in total. The molecule has 94 valence electrons. The third-order valence-corrected chi connectivity index (χ3v) is 2.11. The Morgan fingerprint density at radius 2 is 2.00 bits per heavy atom. The number of methoxy groups -OCH3 is 2. The van der Waals surface area contributed by atoms with Crippen LogP contribution in [0.4, 0.5) is 13.2 Å². The van der Waals surface area contributed by atoms with Gasteiger partial charge in [-0.1, -0.05) is 11.6 Å². The van der Waals surface area contributed by atoms with E-state index < -0.39 is 28.7 Å². The molecule has 0 aliphatic heterocycles. The number of hydrogen-bond acceptors (Lipinski definition) is 4. The lowest BCUT2D eigenvalue weighted by atomic mass is 10.2. The van der Waals surface area contributed by atoms with Crippen molar-refractivity contribution in [2.24, 2.45) is 0 Å². The maximum atomic E-state index is 12.4. The van der Waals surface area contributed by atoms with Gasteiger partial charge < -0.3 is 9.47 Å². The van der Waals surface area contributed by atoms with Crippen molar-refractivity contribution in [3.8, 4) is 5.88 Å². The molecule has 1 rings (SSSR count). The molecule has 0 amide bonds. The molecule has 0 bridgehead atoms. The molecule has 1 aromatic heterocycles. The van der Waals surface area contributed by atoms with E-state index in [1.165, 1.54) is 0 Å². The van der Waals surface area contributed by atoms with Gasteiger partial charge in [-0.2, -0.15) is 13.2 Å². The van der Waals surface area contributed by atoms with Crippen LogP contribution in [0.15, 0.2) is 6.07 Å². The fourth-order valence-corrected chi connectivity index (χ4v) is 1.33. The summed E-state index contributed by atoms with van der Waals surface area (Å²) in [5, 5.41) is -0.434. The molecule has 17 heavy (non-hydrogen) atoms. The molecule has 0 atom stereocenters. The zero-order chi connectivity index (χ0) is 13.2. The summed E-state index contributed by atoms with van der Waals surface area (Å²) in [6, 6.07) is 0.538. The predicted molar refractivity (Wildman–Crippen MR) is 52.1 cm³/mol. The van der Waals surface area contributed by atoms with Gasteiger partial charge in [0.25, 0.3) is 0 Å². The highest BCUT2D eigenvalue weighted by molar-refractivity contribution is 6.34. The molecule has 0 aliphatic rings. The molecular formula is C9H7ClF3NO3. The average Bonchev–Trinajstić information content (AvgIpc) is 2.25. The summed E-state index contributed by atoms with van der Waals surface area (Å²) in [4.78, 5) is 14.4. The first-order valence-corrected chi connectivity index (χ1v) is 4.59. The van der Waals surface area contributed by atoms with E-state index >= 15 is 0 Å². The fraction of sp³-hybridized carbons (Fsp3) is 0.333. The van der Waals surface area contributed by atoms with Crippen molar-refractivity contribution in [3.63, 3.8) is 0 Å². The number of alkyl halides is 3. The third kappa shape index (κ3) is 2.79. The summed E-state index contributed by atoms with van der Waals surface area (Å²) in [5.41, 5.74) is -1.59. The minimum atomic E-state index is -4.68. The Kier molecular flexibility index (Phi) is 3.82. The third-order valence-electron chi connectivity index (χ3n) is 1.81. The smallest absolute Gasteiger partial charge is 0.433 e. The summed E-state index contributed by atoms with van der Waals surface area (Å²) in [5.74, 6) is -1.45. The van der Waals surface area contributed by atoms with Crippen molar-refractivity contribution in [2.75, 3.05) is 14.2 Å². The number of pyridine rings is 1. The molecule has 0 N–H and O–H groups in total. The van der Waals surface area contributed by atoms with E-state index in [0.717, 1.165) is 14.2 Å². The van der Waals surface area contributed by atoms with Gasteiger partial charge in [-0.25, -0.2) is 9.78 Å². The first-order chi connectivity index (χ1) is 7.81. The molecule has 1 heterocycles. The molecule has 0 aliphatic carbocycles. The number of halogens is 4. The maximum absolute atomic E-state index is 12.4. The zero-order valence-electron chi connectivity index (χ0n) is 8.76. The topological polar surface area (TPSA) is 48.4 Å². The molecule has 0 saturated heterocycles. The van der Waals surface area contributed by atoms with Crippen LogP contribution in [0.5, 0.6) is 5.88 Å². The van der Waals surface area contributed by atoms with E-state index in [1.54, 1.807) is 0 Å². The van der Waals surface area contributed by atoms with E-state index in [9.17, 15) is 18.0 Å². The Balaban J connectivity index is 3.41. The van der Waals surface area contributed by atoms with Gasteiger partial charge in [0.15, 0.2) is 0 Å². The van der Waals surface area contributed by atoms with Gasteiger partial charge in [0.1, 0.15) is 11.3 Å². The van der Waals surface area contributed by atoms with Crippen molar-refractivity contribution in [3.05, 3.63) is 22.3 Å². The van der Waals surface area contributed by atoms with Gasteiger partial charge in [0.05, 0.1) is 19.2 Å². The SMILES string of the molecule is COC(=O)c1c(Cl)cc(C(F)(F)F)nc1OC. The lowest BCUT2D eigenvalue weighted by Gasteiger charge is -2.11. The highest BCUT2D eigenvalue weighted by atomic mass is 35.5. The second-order valence-electron chi connectivity index (χ2n) is 2.86. The molecule has 8 heteroatoms. The van der Waals surface area contributed by atoms with Crippen molar-refractivity contribution < 1.29 is 27.4 Å². The number of carbonyl (C=O) groups excluding carboxylic acids is 1. The van der Waals surface area contributed by atoms with Crippen LogP contribution < -0.4 is 4.74 Å². The highest BCUT2D eigenvalue weighted by Crippen LogP contribution is 2.34.